The van der Waals surface area contributed by atoms with Crippen molar-refractivity contribution in [3.05, 3.63) is 34.3 Å². The average Bonchev–Trinajstić information content (AvgIpc) is 1.80. The zero-order valence-corrected chi connectivity index (χ0v) is 56.0. The predicted molar refractivity (Wildman–Crippen MR) is 335 cm³/mol. The van der Waals surface area contributed by atoms with Crippen LogP contribution in [0.3, 0.4) is 0 Å². The molecule has 8 atom stereocenters. The minimum absolute atomic E-state index is 0.0372. The number of halogens is 4. The third kappa shape index (κ3) is 18.4. The van der Waals surface area contributed by atoms with Crippen LogP contribution in [0.1, 0.15) is 167 Å². The summed E-state index contributed by atoms with van der Waals surface area (Å²) in [5, 5.41) is 8.08. The summed E-state index contributed by atoms with van der Waals surface area (Å²) >= 11 is 6.13. The number of hydrogen-bond donors (Lipinski definition) is 3. The zero-order chi connectivity index (χ0) is 67.4. The number of hydrogen-bond acceptors (Lipinski definition) is 11. The fourth-order valence-corrected chi connectivity index (χ4v) is 14.1. The van der Waals surface area contributed by atoms with Crippen LogP contribution in [0.2, 0.25) is 5.02 Å². The highest BCUT2D eigenvalue weighted by Gasteiger charge is 2.51. The lowest BCUT2D eigenvalue weighted by Crippen LogP contribution is -2.65. The molecule has 26 heteroatoms. The summed E-state index contributed by atoms with van der Waals surface area (Å²) in [5.41, 5.74) is -2.22. The maximum absolute atomic E-state index is 15.4. The van der Waals surface area contributed by atoms with Crippen LogP contribution in [0.5, 0.6) is 0 Å². The summed E-state index contributed by atoms with van der Waals surface area (Å²) < 4.78 is 41.4. The lowest BCUT2D eigenvalue weighted by molar-refractivity contribution is -0.153. The SMILES string of the molecule is CC[C@H](C)[C@@H]1NC(=O)[C@H](C)N(C)C(=O)C[C@@H](C)N(C)C(=O)[C@H](C2CCCCC2)N(C)C(=O)C2(CCCC2)NC(=O)[C@@H]2CCCN2C(=O)[C@H](CCc2ccc(C(F)(F)F)c(Cl)c2)NC(=O)CN(C)C(=O)[C@H](CC2CCCCC2)N(C)C(=O)CN(C)C(=O)CN(C)C1=O. The molecule has 1 spiro atoms. The number of likely N-dealkylation sites (N-methyl/N-ethyl adjacent to an activating group) is 7. The van der Waals surface area contributed by atoms with Crippen LogP contribution in [0.25, 0.3) is 0 Å². The van der Waals surface area contributed by atoms with E-state index in [1.165, 1.54) is 72.7 Å². The monoisotopic (exact) mass is 1300 g/mol. The summed E-state index contributed by atoms with van der Waals surface area (Å²) in [4.78, 5) is 170. The number of fused-ring (bicyclic) bond motifs is 1. The van der Waals surface area contributed by atoms with E-state index in [1.54, 1.807) is 27.9 Å². The van der Waals surface area contributed by atoms with Gasteiger partial charge in [0, 0.05) is 68.3 Å². The number of carbonyl (C=O) groups is 11. The molecule has 3 aliphatic carbocycles. The third-order valence-corrected chi connectivity index (χ3v) is 20.5. The number of carbonyl (C=O) groups excluding carboxylic acids is 11. The summed E-state index contributed by atoms with van der Waals surface area (Å²) in [5.74, 6) is -7.23. The molecule has 2 saturated heterocycles. The summed E-state index contributed by atoms with van der Waals surface area (Å²) in [7, 11) is 10.2. The van der Waals surface area contributed by atoms with Gasteiger partial charge in [0.05, 0.1) is 30.2 Å². The fourth-order valence-electron chi connectivity index (χ4n) is 13.8. The van der Waals surface area contributed by atoms with Gasteiger partial charge in [-0.3, -0.25) is 52.7 Å². The Morgan fingerprint density at radius 2 is 1.24 bits per heavy atom. The third-order valence-electron chi connectivity index (χ3n) is 20.2. The molecule has 3 N–H and O–H groups in total. The van der Waals surface area contributed by atoms with Gasteiger partial charge in [0.25, 0.3) is 0 Å². The van der Waals surface area contributed by atoms with Crippen molar-refractivity contribution in [2.24, 2.45) is 17.8 Å². The topological polar surface area (TPSA) is 250 Å². The minimum Gasteiger partial charge on any atom is -0.343 e. The molecule has 2 aliphatic heterocycles. The normalized spacial score (nSPS) is 27.4. The van der Waals surface area contributed by atoms with E-state index in [4.69, 9.17) is 11.6 Å². The van der Waals surface area contributed by atoms with Gasteiger partial charge in [-0.15, -0.1) is 0 Å². The molecule has 508 valence electrons. The van der Waals surface area contributed by atoms with Crippen LogP contribution in [-0.4, -0.2) is 228 Å². The van der Waals surface area contributed by atoms with Gasteiger partial charge >= 0.3 is 6.18 Å². The Balaban J connectivity index is 1.37. The second kappa shape index (κ2) is 32.4. The van der Waals surface area contributed by atoms with E-state index in [1.807, 2.05) is 6.92 Å². The number of aryl methyl sites for hydroxylation is 1. The highest BCUT2D eigenvalue weighted by Crippen LogP contribution is 2.38. The van der Waals surface area contributed by atoms with Gasteiger partial charge in [-0.2, -0.15) is 13.2 Å². The Bertz CT molecular complexity index is 2810. The van der Waals surface area contributed by atoms with Crippen LogP contribution in [0.15, 0.2) is 18.2 Å². The number of rotatable bonds is 8. The van der Waals surface area contributed by atoms with E-state index in [-0.39, 0.29) is 63.3 Å². The maximum Gasteiger partial charge on any atom is 0.417 e. The molecule has 91 heavy (non-hydrogen) atoms. The van der Waals surface area contributed by atoms with Gasteiger partial charge in [0.15, 0.2) is 0 Å². The van der Waals surface area contributed by atoms with Gasteiger partial charge in [-0.1, -0.05) is 102 Å². The van der Waals surface area contributed by atoms with Crippen molar-refractivity contribution < 1.29 is 65.9 Å². The van der Waals surface area contributed by atoms with Gasteiger partial charge in [-0.05, 0) is 107 Å². The molecular formula is C65H99ClF3N11O11. The first-order chi connectivity index (χ1) is 42.8. The van der Waals surface area contributed by atoms with Crippen molar-refractivity contribution in [1.29, 1.82) is 0 Å². The standard InChI is InChI=1S/C65H99ClF3N11O11/c1-12-40(2)55-61(89)75(7)38-53(83)73(5)39-54(84)78(10)50(36-43-22-15-13-16-23-43)60(88)74(6)37-51(81)70-48(30-28-44-27-29-46(47(66)35-44)65(67,68)69)59(87)80-33-21-26-49(80)58(86)72-64(31-19-20-32-64)63(91)79(11)56(45-24-17-14-18-25-45)62(90)76(8)41(3)34-52(82)77(9)42(4)57(85)71-55/h27,29,35,40-43,45,48-50,55-56H,12-26,28,30-34,36-39H2,1-11H3,(H,70,81)(H,71,85)(H,72,86)/t40-,41+,42-,48-,49-,50-,55-,56-/m0/s1. The van der Waals surface area contributed by atoms with Crippen LogP contribution in [0, 0.1) is 17.8 Å². The van der Waals surface area contributed by atoms with Crippen LogP contribution in [0.4, 0.5) is 13.2 Å². The van der Waals surface area contributed by atoms with E-state index in [9.17, 15) is 51.5 Å². The Labute approximate surface area is 539 Å². The minimum atomic E-state index is -4.74. The van der Waals surface area contributed by atoms with Crippen molar-refractivity contribution in [2.75, 3.05) is 75.5 Å². The number of benzene rings is 1. The molecular weight excluding hydrogens is 1200 g/mol. The lowest BCUT2D eigenvalue weighted by Gasteiger charge is -2.43. The molecule has 5 aliphatic rings. The van der Waals surface area contributed by atoms with E-state index in [2.05, 4.69) is 16.0 Å². The summed E-state index contributed by atoms with van der Waals surface area (Å²) in [6.45, 7) is 5.29. The molecule has 1 aromatic rings. The smallest absolute Gasteiger partial charge is 0.343 e. The second-order valence-electron chi connectivity index (χ2n) is 26.7. The van der Waals surface area contributed by atoms with Crippen LogP contribution in [-0.2, 0) is 65.3 Å². The molecule has 0 radical (unpaired) electrons. The second-order valence-corrected chi connectivity index (χ2v) is 27.1. The van der Waals surface area contributed by atoms with E-state index >= 15 is 14.4 Å². The molecule has 1 aromatic carbocycles. The van der Waals surface area contributed by atoms with Crippen molar-refractivity contribution in [3.63, 3.8) is 0 Å². The first-order valence-electron chi connectivity index (χ1n) is 32.7. The number of nitrogens with zero attached hydrogens (tertiary/aromatic N) is 8. The molecule has 0 bridgehead atoms. The van der Waals surface area contributed by atoms with E-state index < -0.39 is 155 Å². The molecule has 0 aromatic heterocycles. The first kappa shape index (κ1) is 73.5. The fraction of sp³-hybridized carbons (Fsp3) is 0.738. The molecule has 22 nitrogen and oxygen atoms in total. The Morgan fingerprint density at radius 3 is 1.85 bits per heavy atom. The van der Waals surface area contributed by atoms with Gasteiger partial charge in [0.2, 0.25) is 65.0 Å². The Morgan fingerprint density at radius 1 is 0.637 bits per heavy atom. The quantitative estimate of drug-likeness (QED) is 0.297. The summed E-state index contributed by atoms with van der Waals surface area (Å²) in [6, 6.07) is -4.39. The Hall–Kier alpha value is -6.53. The van der Waals surface area contributed by atoms with Gasteiger partial charge in [0.1, 0.15) is 41.8 Å². The van der Waals surface area contributed by atoms with Crippen molar-refractivity contribution in [3.8, 4) is 0 Å². The molecule has 2 heterocycles. The van der Waals surface area contributed by atoms with Gasteiger partial charge < -0.3 is 55.1 Å². The highest BCUT2D eigenvalue weighted by molar-refractivity contribution is 6.31. The van der Waals surface area contributed by atoms with Crippen molar-refractivity contribution in [2.45, 2.75) is 217 Å². The average molecular weight is 1300 g/mol. The lowest BCUT2D eigenvalue weighted by atomic mass is 9.81. The molecule has 0 unspecified atom stereocenters. The highest BCUT2D eigenvalue weighted by atomic mass is 35.5. The van der Waals surface area contributed by atoms with Crippen LogP contribution >= 0.6 is 11.6 Å². The molecule has 3 saturated carbocycles. The van der Waals surface area contributed by atoms with E-state index in [0.29, 0.717) is 44.1 Å². The van der Waals surface area contributed by atoms with Crippen molar-refractivity contribution in [1.82, 2.24) is 55.1 Å². The number of nitrogens with one attached hydrogen (secondary N) is 3. The number of alkyl halides is 3. The van der Waals surface area contributed by atoms with E-state index in [0.717, 1.165) is 78.2 Å². The summed E-state index contributed by atoms with van der Waals surface area (Å²) in [6.07, 6.45) is 5.89. The molecule has 6 rings (SSSR count). The zero-order valence-electron chi connectivity index (χ0n) is 55.3. The van der Waals surface area contributed by atoms with Gasteiger partial charge in [-0.25, -0.2) is 0 Å². The molecule has 11 amide bonds. The molecule has 5 fully saturated rings. The van der Waals surface area contributed by atoms with Crippen molar-refractivity contribution >= 4 is 76.6 Å². The largest absolute Gasteiger partial charge is 0.417 e. The maximum atomic E-state index is 15.4. The number of amides is 11. The first-order valence-corrected chi connectivity index (χ1v) is 33.1. The van der Waals surface area contributed by atoms with Crippen LogP contribution < -0.4 is 16.0 Å². The Kier molecular flexibility index (Phi) is 26.1. The predicted octanol–water partition coefficient (Wildman–Crippen LogP) is 5.40.